The second-order valence-electron chi connectivity index (χ2n) is 5.54. The molecule has 0 saturated carbocycles. The predicted octanol–water partition coefficient (Wildman–Crippen LogP) is 3.42. The summed E-state index contributed by atoms with van der Waals surface area (Å²) in [6, 6.07) is 5.66. The molecule has 1 fully saturated rings. The molecule has 1 aliphatic heterocycles. The number of sulfonamides is 1. The second kappa shape index (κ2) is 6.58. The van der Waals surface area contributed by atoms with Crippen LogP contribution in [0.5, 0.6) is 0 Å². The molecule has 1 heterocycles. The van der Waals surface area contributed by atoms with Crippen LogP contribution in [-0.4, -0.2) is 31.0 Å². The highest BCUT2D eigenvalue weighted by Gasteiger charge is 2.48. The molecule has 1 amide bonds. The van der Waals surface area contributed by atoms with E-state index in [1.165, 1.54) is 12.1 Å². The Labute approximate surface area is 137 Å². The summed E-state index contributed by atoms with van der Waals surface area (Å²) in [5, 5.41) is 0. The van der Waals surface area contributed by atoms with E-state index in [4.69, 9.17) is 4.74 Å². The predicted molar refractivity (Wildman–Crippen MR) is 88.5 cm³/mol. The normalized spacial score (nSPS) is 21.1. The molecule has 0 aliphatic carbocycles. The lowest BCUT2D eigenvalue weighted by molar-refractivity contribution is 0.131. The fraction of sp³-hybridized carbons (Fsp3) is 0.353. The molecule has 0 bridgehead atoms. The van der Waals surface area contributed by atoms with Gasteiger partial charge in [0.2, 0.25) is 0 Å². The fourth-order valence-electron chi connectivity index (χ4n) is 2.62. The Kier molecular flexibility index (Phi) is 4.94. The number of allylic oxidation sites excluding steroid dienone is 1. The standard InChI is InChI=1S/C17H21NO4S/c1-5-7-13(4)16-15(6-2)22-17(19)18(16)23(20,21)14-10-8-12(3)9-11-14/h5,8-11,15-16H,1,4,6-7H2,2-3H3/t15-,16-/m0/s1. The maximum atomic E-state index is 12.9. The zero-order chi connectivity index (χ0) is 17.2. The Morgan fingerprint density at radius 3 is 2.48 bits per heavy atom. The van der Waals surface area contributed by atoms with E-state index >= 15 is 0 Å². The van der Waals surface area contributed by atoms with E-state index in [1.807, 2.05) is 13.8 Å². The van der Waals surface area contributed by atoms with Crippen LogP contribution in [0.25, 0.3) is 0 Å². The third-order valence-corrected chi connectivity index (χ3v) is 5.60. The van der Waals surface area contributed by atoms with Crippen molar-refractivity contribution in [3.05, 3.63) is 54.6 Å². The third kappa shape index (κ3) is 3.17. The topological polar surface area (TPSA) is 63.7 Å². The van der Waals surface area contributed by atoms with Crippen LogP contribution in [0.2, 0.25) is 0 Å². The molecule has 1 aromatic carbocycles. The molecule has 2 atom stereocenters. The number of cyclic esters (lactones) is 1. The number of rotatable bonds is 6. The average molecular weight is 335 g/mol. The van der Waals surface area contributed by atoms with Gasteiger partial charge in [-0.15, -0.1) is 6.58 Å². The molecule has 0 aromatic heterocycles. The second-order valence-corrected chi connectivity index (χ2v) is 7.36. The molecule has 0 spiro atoms. The van der Waals surface area contributed by atoms with Crippen molar-refractivity contribution in [3.63, 3.8) is 0 Å². The van der Waals surface area contributed by atoms with Crippen molar-refractivity contribution in [2.75, 3.05) is 0 Å². The quantitative estimate of drug-likeness (QED) is 0.747. The number of amides is 1. The van der Waals surface area contributed by atoms with Gasteiger partial charge in [-0.25, -0.2) is 13.2 Å². The smallest absolute Gasteiger partial charge is 0.424 e. The highest BCUT2D eigenvalue weighted by molar-refractivity contribution is 7.89. The molecule has 0 unspecified atom stereocenters. The Morgan fingerprint density at radius 1 is 1.35 bits per heavy atom. The summed E-state index contributed by atoms with van der Waals surface area (Å²) in [4.78, 5) is 12.3. The van der Waals surface area contributed by atoms with Gasteiger partial charge in [0.1, 0.15) is 12.1 Å². The van der Waals surface area contributed by atoms with E-state index in [9.17, 15) is 13.2 Å². The maximum absolute atomic E-state index is 12.9. The molecule has 1 aromatic rings. The van der Waals surface area contributed by atoms with Crippen LogP contribution in [-0.2, 0) is 14.8 Å². The molecule has 0 radical (unpaired) electrons. The van der Waals surface area contributed by atoms with E-state index in [2.05, 4.69) is 13.2 Å². The molecule has 6 heteroatoms. The minimum absolute atomic E-state index is 0.0632. The maximum Gasteiger partial charge on any atom is 0.424 e. The minimum atomic E-state index is -4.00. The number of carbonyl (C=O) groups is 1. The summed E-state index contributed by atoms with van der Waals surface area (Å²) in [5.74, 6) is 0. The number of aryl methyl sites for hydroxylation is 1. The molecular weight excluding hydrogens is 314 g/mol. The summed E-state index contributed by atoms with van der Waals surface area (Å²) < 4.78 is 31.9. The summed E-state index contributed by atoms with van der Waals surface area (Å²) in [5.41, 5.74) is 1.53. The van der Waals surface area contributed by atoms with Crippen molar-refractivity contribution in [3.8, 4) is 0 Å². The van der Waals surface area contributed by atoms with Crippen molar-refractivity contribution in [1.29, 1.82) is 0 Å². The Hall–Kier alpha value is -2.08. The molecule has 1 saturated heterocycles. The zero-order valence-corrected chi connectivity index (χ0v) is 14.2. The van der Waals surface area contributed by atoms with Gasteiger partial charge in [-0.1, -0.05) is 37.3 Å². The number of hydrogen-bond acceptors (Lipinski definition) is 4. The number of benzene rings is 1. The molecule has 2 rings (SSSR count). The first-order chi connectivity index (χ1) is 10.8. The van der Waals surface area contributed by atoms with Crippen molar-refractivity contribution in [1.82, 2.24) is 4.31 Å². The number of hydrogen-bond donors (Lipinski definition) is 0. The van der Waals surface area contributed by atoms with Crippen LogP contribution in [0.1, 0.15) is 25.3 Å². The van der Waals surface area contributed by atoms with E-state index < -0.39 is 28.3 Å². The number of ether oxygens (including phenoxy) is 1. The summed E-state index contributed by atoms with van der Waals surface area (Å²) in [6.07, 6.45) is 1.17. The lowest BCUT2D eigenvalue weighted by atomic mass is 9.99. The van der Waals surface area contributed by atoms with Crippen molar-refractivity contribution in [2.24, 2.45) is 0 Å². The molecule has 23 heavy (non-hydrogen) atoms. The Morgan fingerprint density at radius 2 is 1.96 bits per heavy atom. The SMILES string of the molecule is C=CCC(=C)[C@H]1[C@H](CC)OC(=O)N1S(=O)(=O)c1ccc(C)cc1. The van der Waals surface area contributed by atoms with Gasteiger partial charge in [0, 0.05) is 0 Å². The van der Waals surface area contributed by atoms with Gasteiger partial charge >= 0.3 is 6.09 Å². The first-order valence-corrected chi connectivity index (χ1v) is 8.87. The molecule has 0 N–H and O–H groups in total. The highest BCUT2D eigenvalue weighted by atomic mass is 32.2. The first-order valence-electron chi connectivity index (χ1n) is 7.43. The van der Waals surface area contributed by atoms with Crippen molar-refractivity contribution >= 4 is 16.1 Å². The van der Waals surface area contributed by atoms with Gasteiger partial charge in [-0.2, -0.15) is 4.31 Å². The lowest BCUT2D eigenvalue weighted by Gasteiger charge is -2.25. The fourth-order valence-corrected chi connectivity index (χ4v) is 4.15. The van der Waals surface area contributed by atoms with Crippen LogP contribution < -0.4 is 0 Å². The van der Waals surface area contributed by atoms with Crippen LogP contribution in [0, 0.1) is 6.92 Å². The minimum Gasteiger partial charge on any atom is -0.443 e. The van der Waals surface area contributed by atoms with Gasteiger partial charge in [-0.05, 0) is 37.5 Å². The van der Waals surface area contributed by atoms with E-state index in [0.29, 0.717) is 18.4 Å². The van der Waals surface area contributed by atoms with Gasteiger partial charge in [-0.3, -0.25) is 0 Å². The van der Waals surface area contributed by atoms with Gasteiger partial charge in [0.25, 0.3) is 10.0 Å². The summed E-state index contributed by atoms with van der Waals surface area (Å²) in [7, 11) is -4.00. The lowest BCUT2D eigenvalue weighted by Crippen LogP contribution is -2.42. The van der Waals surface area contributed by atoms with Crippen LogP contribution in [0.4, 0.5) is 4.79 Å². The monoisotopic (exact) mass is 335 g/mol. The number of carbonyl (C=O) groups excluding carboxylic acids is 1. The highest BCUT2D eigenvalue weighted by Crippen LogP contribution is 2.33. The zero-order valence-electron chi connectivity index (χ0n) is 13.4. The molecule has 1 aliphatic rings. The van der Waals surface area contributed by atoms with Crippen LogP contribution >= 0.6 is 0 Å². The summed E-state index contributed by atoms with van der Waals surface area (Å²) >= 11 is 0. The van der Waals surface area contributed by atoms with Crippen molar-refractivity contribution in [2.45, 2.75) is 43.7 Å². The molecule has 124 valence electrons. The molecular formula is C17H21NO4S. The van der Waals surface area contributed by atoms with E-state index in [0.717, 1.165) is 9.87 Å². The molecule has 5 nitrogen and oxygen atoms in total. The Bertz CT molecular complexity index is 721. The van der Waals surface area contributed by atoms with Gasteiger partial charge in [0.15, 0.2) is 0 Å². The average Bonchev–Trinajstić information content (AvgIpc) is 2.85. The Balaban J connectivity index is 2.48. The van der Waals surface area contributed by atoms with E-state index in [1.54, 1.807) is 18.2 Å². The van der Waals surface area contributed by atoms with Gasteiger partial charge < -0.3 is 4.74 Å². The summed E-state index contributed by atoms with van der Waals surface area (Å²) in [6.45, 7) is 11.3. The van der Waals surface area contributed by atoms with Crippen LogP contribution in [0.15, 0.2) is 54.0 Å². The van der Waals surface area contributed by atoms with Gasteiger partial charge in [0.05, 0.1) is 4.90 Å². The first kappa shape index (κ1) is 17.3. The largest absolute Gasteiger partial charge is 0.443 e. The number of nitrogens with zero attached hydrogens (tertiary/aromatic N) is 1. The van der Waals surface area contributed by atoms with E-state index in [-0.39, 0.29) is 4.90 Å². The van der Waals surface area contributed by atoms with Crippen LogP contribution in [0.3, 0.4) is 0 Å². The third-order valence-electron chi connectivity index (χ3n) is 3.84. The van der Waals surface area contributed by atoms with Crippen molar-refractivity contribution < 1.29 is 17.9 Å².